The van der Waals surface area contributed by atoms with E-state index in [2.05, 4.69) is 0 Å². The number of nitrogens with two attached hydrogens (primary N) is 2. The number of hydrogen-bond acceptors (Lipinski definition) is 3. The van der Waals surface area contributed by atoms with Crippen LogP contribution in [0.2, 0.25) is 0 Å². The molecule has 0 heterocycles. The highest BCUT2D eigenvalue weighted by Gasteiger charge is 2.21. The zero-order valence-electron chi connectivity index (χ0n) is 6.70. The van der Waals surface area contributed by atoms with Gasteiger partial charge in [-0.15, -0.1) is 12.4 Å². The van der Waals surface area contributed by atoms with Gasteiger partial charge in [0.2, 0.25) is 10.0 Å². The van der Waals surface area contributed by atoms with Gasteiger partial charge in [-0.1, -0.05) is 13.8 Å². The molecule has 0 rings (SSSR count). The maximum Gasteiger partial charge on any atom is 0.209 e. The molecule has 0 aliphatic carbocycles. The Hall–Kier alpha value is 0.160. The van der Waals surface area contributed by atoms with Crippen LogP contribution in [0.4, 0.5) is 0 Å². The summed E-state index contributed by atoms with van der Waals surface area (Å²) in [4.78, 5) is 0. The summed E-state index contributed by atoms with van der Waals surface area (Å²) in [5, 5.41) is 4.81. The van der Waals surface area contributed by atoms with E-state index in [-0.39, 0.29) is 18.2 Å². The fourth-order valence-corrected chi connectivity index (χ4v) is 1.81. The molecule has 0 aromatic rings. The smallest absolute Gasteiger partial charge is 0.209 e. The Balaban J connectivity index is 0. The van der Waals surface area contributed by atoms with Gasteiger partial charge in [0.15, 0.2) is 0 Å². The maximum atomic E-state index is 10.5. The van der Waals surface area contributed by atoms with Crippen molar-refractivity contribution in [2.24, 2.45) is 16.3 Å². The van der Waals surface area contributed by atoms with Crippen LogP contribution in [0.25, 0.3) is 0 Å². The van der Waals surface area contributed by atoms with Gasteiger partial charge in [-0.3, -0.25) is 0 Å². The maximum absolute atomic E-state index is 10.5. The van der Waals surface area contributed by atoms with Crippen LogP contribution in [0.5, 0.6) is 0 Å². The molecule has 4 nitrogen and oxygen atoms in total. The third-order valence-electron chi connectivity index (χ3n) is 1.14. The van der Waals surface area contributed by atoms with E-state index in [0.29, 0.717) is 6.54 Å². The van der Waals surface area contributed by atoms with Crippen molar-refractivity contribution in [2.75, 3.05) is 12.3 Å². The normalized spacial score (nSPS) is 12.4. The van der Waals surface area contributed by atoms with Crippen LogP contribution in [-0.4, -0.2) is 20.7 Å². The third-order valence-corrected chi connectivity index (χ3v) is 2.33. The van der Waals surface area contributed by atoms with Gasteiger partial charge in [0.1, 0.15) is 0 Å². The Morgan fingerprint density at radius 1 is 1.36 bits per heavy atom. The molecular weight excluding hydrogens is 188 g/mol. The average molecular weight is 203 g/mol. The van der Waals surface area contributed by atoms with Crippen molar-refractivity contribution in [3.05, 3.63) is 0 Å². The molecule has 0 fully saturated rings. The number of rotatable bonds is 3. The second kappa shape index (κ2) is 4.25. The van der Waals surface area contributed by atoms with E-state index in [1.165, 1.54) is 0 Å². The number of primary sulfonamides is 1. The Labute approximate surface area is 73.8 Å². The largest absolute Gasteiger partial charge is 0.330 e. The lowest BCUT2D eigenvalue weighted by atomic mass is 9.97. The summed E-state index contributed by atoms with van der Waals surface area (Å²) in [7, 11) is -3.37. The molecule has 0 atom stereocenters. The van der Waals surface area contributed by atoms with Crippen LogP contribution in [-0.2, 0) is 10.0 Å². The lowest BCUT2D eigenvalue weighted by Crippen LogP contribution is -2.34. The summed E-state index contributed by atoms with van der Waals surface area (Å²) in [6.07, 6.45) is 0. The zero-order valence-corrected chi connectivity index (χ0v) is 8.33. The molecule has 0 aliphatic rings. The molecule has 70 valence electrons. The molecule has 11 heavy (non-hydrogen) atoms. The van der Waals surface area contributed by atoms with E-state index in [4.69, 9.17) is 10.9 Å². The van der Waals surface area contributed by atoms with E-state index >= 15 is 0 Å². The Bertz CT molecular complexity index is 201. The fourth-order valence-electron chi connectivity index (χ4n) is 0.604. The minimum atomic E-state index is -3.37. The first-order valence-electron chi connectivity index (χ1n) is 2.97. The SMILES string of the molecule is CC(C)(CN)CS(N)(=O)=O.Cl. The highest BCUT2D eigenvalue weighted by Crippen LogP contribution is 2.13. The van der Waals surface area contributed by atoms with Crippen molar-refractivity contribution in [3.8, 4) is 0 Å². The van der Waals surface area contributed by atoms with Crippen molar-refractivity contribution in [3.63, 3.8) is 0 Å². The van der Waals surface area contributed by atoms with E-state index in [1.54, 1.807) is 13.8 Å². The first-order chi connectivity index (χ1) is 4.27. The molecule has 4 N–H and O–H groups in total. The number of sulfonamides is 1. The van der Waals surface area contributed by atoms with Gasteiger partial charge in [0.05, 0.1) is 5.75 Å². The molecule has 0 unspecified atom stereocenters. The molecule has 0 spiro atoms. The fraction of sp³-hybridized carbons (Fsp3) is 1.00. The van der Waals surface area contributed by atoms with Gasteiger partial charge in [0.25, 0.3) is 0 Å². The first kappa shape index (κ1) is 13.7. The third kappa shape index (κ3) is 8.06. The van der Waals surface area contributed by atoms with Crippen molar-refractivity contribution >= 4 is 22.4 Å². The summed E-state index contributed by atoms with van der Waals surface area (Å²) in [5.74, 6) is -0.0590. The summed E-state index contributed by atoms with van der Waals surface area (Å²) in [5.41, 5.74) is 4.88. The van der Waals surface area contributed by atoms with Crippen LogP contribution >= 0.6 is 12.4 Å². The lowest BCUT2D eigenvalue weighted by Gasteiger charge is -2.19. The molecule has 0 saturated carbocycles. The quantitative estimate of drug-likeness (QED) is 0.658. The second-order valence-corrected chi connectivity index (χ2v) is 4.79. The van der Waals surface area contributed by atoms with Crippen molar-refractivity contribution in [2.45, 2.75) is 13.8 Å². The highest BCUT2D eigenvalue weighted by atomic mass is 35.5. The summed E-state index contributed by atoms with van der Waals surface area (Å²) >= 11 is 0. The van der Waals surface area contributed by atoms with Crippen LogP contribution in [0.3, 0.4) is 0 Å². The van der Waals surface area contributed by atoms with Gasteiger partial charge in [0, 0.05) is 0 Å². The minimum absolute atomic E-state index is 0. The van der Waals surface area contributed by atoms with Gasteiger partial charge in [-0.05, 0) is 12.0 Å². The standard InChI is InChI=1S/C5H14N2O2S.ClH/c1-5(2,3-6)4-10(7,8)9;/h3-4,6H2,1-2H3,(H2,7,8,9);1H. The molecule has 0 aromatic heterocycles. The molecule has 0 amide bonds. The predicted molar refractivity (Wildman–Crippen MR) is 48.1 cm³/mol. The van der Waals surface area contributed by atoms with Crippen LogP contribution in [0.1, 0.15) is 13.8 Å². The highest BCUT2D eigenvalue weighted by molar-refractivity contribution is 7.89. The molecule has 0 radical (unpaired) electrons. The molecule has 0 aromatic carbocycles. The summed E-state index contributed by atoms with van der Waals surface area (Å²) in [6.45, 7) is 3.85. The number of hydrogen-bond donors (Lipinski definition) is 2. The van der Waals surface area contributed by atoms with E-state index < -0.39 is 15.4 Å². The first-order valence-corrected chi connectivity index (χ1v) is 4.69. The van der Waals surface area contributed by atoms with Crippen molar-refractivity contribution in [1.29, 1.82) is 0 Å². The lowest BCUT2D eigenvalue weighted by molar-refractivity contribution is 0.425. The summed E-state index contributed by atoms with van der Waals surface area (Å²) < 4.78 is 21.1. The Morgan fingerprint density at radius 3 is 1.82 bits per heavy atom. The van der Waals surface area contributed by atoms with Gasteiger partial charge in [-0.25, -0.2) is 13.6 Å². The molecule has 0 bridgehead atoms. The van der Waals surface area contributed by atoms with Crippen LogP contribution < -0.4 is 10.9 Å². The van der Waals surface area contributed by atoms with Gasteiger partial charge >= 0.3 is 0 Å². The monoisotopic (exact) mass is 202 g/mol. The predicted octanol–water partition coefficient (Wildman–Crippen LogP) is -0.318. The van der Waals surface area contributed by atoms with Gasteiger partial charge < -0.3 is 5.73 Å². The average Bonchev–Trinajstić information content (AvgIpc) is 1.60. The second-order valence-electron chi connectivity index (χ2n) is 3.18. The molecule has 0 aliphatic heterocycles. The number of halogens is 1. The molecule has 0 saturated heterocycles. The zero-order chi connectivity index (χ0) is 8.41. The van der Waals surface area contributed by atoms with Crippen LogP contribution in [0, 0.1) is 5.41 Å². The Morgan fingerprint density at radius 2 is 1.73 bits per heavy atom. The van der Waals surface area contributed by atoms with Crippen molar-refractivity contribution < 1.29 is 8.42 Å². The topological polar surface area (TPSA) is 86.2 Å². The van der Waals surface area contributed by atoms with E-state index in [1.807, 2.05) is 0 Å². The summed E-state index contributed by atoms with van der Waals surface area (Å²) in [6, 6.07) is 0. The van der Waals surface area contributed by atoms with E-state index in [9.17, 15) is 8.42 Å². The van der Waals surface area contributed by atoms with Gasteiger partial charge in [-0.2, -0.15) is 0 Å². The molecule has 6 heteroatoms. The Kier molecular flexibility index (Phi) is 5.31. The minimum Gasteiger partial charge on any atom is -0.330 e. The van der Waals surface area contributed by atoms with E-state index in [0.717, 1.165) is 0 Å². The molecular formula is C5H15ClN2O2S. The van der Waals surface area contributed by atoms with Crippen molar-refractivity contribution in [1.82, 2.24) is 0 Å². The van der Waals surface area contributed by atoms with Crippen LogP contribution in [0.15, 0.2) is 0 Å².